The van der Waals surface area contributed by atoms with Gasteiger partial charge in [0.15, 0.2) is 0 Å². The Morgan fingerprint density at radius 3 is 1.57 bits per heavy atom. The van der Waals surface area contributed by atoms with Gasteiger partial charge in [-0.2, -0.15) is 0 Å². The van der Waals surface area contributed by atoms with Crippen LogP contribution in [0.15, 0.2) is 12.1 Å². The summed E-state index contributed by atoms with van der Waals surface area (Å²) in [5.41, 5.74) is 3.95. The number of rotatable bonds is 2. The molecule has 4 aromatic rings. The molecule has 8 heteroatoms. The summed E-state index contributed by atoms with van der Waals surface area (Å²) in [6.45, 7) is 7.94. The van der Waals surface area contributed by atoms with E-state index in [1.807, 2.05) is 48.6 Å². The molecule has 0 atom stereocenters. The smallest absolute Gasteiger partial charge is 0.255 e. The van der Waals surface area contributed by atoms with Crippen LogP contribution in [0.3, 0.4) is 0 Å². The van der Waals surface area contributed by atoms with E-state index in [0.717, 1.165) is 34.4 Å². The molecule has 8 nitrogen and oxygen atoms in total. The average molecular weight is 308 g/mol. The van der Waals surface area contributed by atoms with Gasteiger partial charge >= 0.3 is 0 Å². The van der Waals surface area contributed by atoms with Crippen molar-refractivity contribution in [3.63, 3.8) is 0 Å². The van der Waals surface area contributed by atoms with Crippen molar-refractivity contribution in [1.29, 1.82) is 0 Å². The summed E-state index contributed by atoms with van der Waals surface area (Å²) in [5.74, 6) is 2.80. The lowest BCUT2D eigenvalue weighted by molar-refractivity contribution is 0.831. The van der Waals surface area contributed by atoms with Gasteiger partial charge in [0, 0.05) is 22.8 Å². The first-order chi connectivity index (χ1) is 11.0. The highest BCUT2D eigenvalue weighted by Crippen LogP contribution is 2.14. The van der Waals surface area contributed by atoms with E-state index in [-0.39, 0.29) is 0 Å². The molecule has 0 unspecified atom stereocenters. The molecule has 4 heterocycles. The van der Waals surface area contributed by atoms with Gasteiger partial charge in [-0.25, -0.2) is 9.97 Å². The van der Waals surface area contributed by atoms with E-state index < -0.39 is 0 Å². The molecule has 0 aliphatic heterocycles. The number of hydrogen-bond donors (Lipinski definition) is 0. The highest BCUT2D eigenvalue weighted by atomic mass is 15.3. The van der Waals surface area contributed by atoms with Crippen LogP contribution in [0.4, 0.5) is 0 Å². The second-order valence-electron chi connectivity index (χ2n) is 5.76. The van der Waals surface area contributed by atoms with Gasteiger partial charge in [0.1, 0.15) is 11.6 Å². The van der Waals surface area contributed by atoms with Crippen molar-refractivity contribution in [3.8, 4) is 0 Å². The molecule has 4 aromatic heterocycles. The van der Waals surface area contributed by atoms with Crippen LogP contribution in [0.1, 0.15) is 34.4 Å². The third-order valence-corrected chi connectivity index (χ3v) is 3.84. The normalized spacial score (nSPS) is 11.7. The first-order valence-corrected chi connectivity index (χ1v) is 7.39. The van der Waals surface area contributed by atoms with Crippen molar-refractivity contribution in [1.82, 2.24) is 39.2 Å². The lowest BCUT2D eigenvalue weighted by Gasteiger charge is -2.05. The third-order valence-electron chi connectivity index (χ3n) is 3.84. The molecule has 0 bridgehead atoms. The van der Waals surface area contributed by atoms with Crippen molar-refractivity contribution in [2.75, 3.05) is 0 Å². The van der Waals surface area contributed by atoms with Gasteiger partial charge in [-0.15, -0.1) is 20.4 Å². The van der Waals surface area contributed by atoms with Crippen LogP contribution in [0.25, 0.3) is 11.6 Å². The minimum absolute atomic E-state index is 0.513. The SMILES string of the molecule is Cc1cc(C)n2c(Cc3nnc4nc(C)cc(C)n34)nnc2n1. The van der Waals surface area contributed by atoms with E-state index in [9.17, 15) is 0 Å². The maximum absolute atomic E-state index is 4.41. The van der Waals surface area contributed by atoms with Gasteiger partial charge in [0.25, 0.3) is 11.6 Å². The summed E-state index contributed by atoms with van der Waals surface area (Å²) in [5, 5.41) is 16.9. The molecule has 0 N–H and O–H groups in total. The summed E-state index contributed by atoms with van der Waals surface area (Å²) < 4.78 is 3.90. The number of aryl methyl sites for hydroxylation is 4. The Labute approximate surface area is 132 Å². The summed E-state index contributed by atoms with van der Waals surface area (Å²) in [6.07, 6.45) is 0.513. The minimum Gasteiger partial charge on any atom is -0.267 e. The van der Waals surface area contributed by atoms with E-state index >= 15 is 0 Å². The Morgan fingerprint density at radius 2 is 1.13 bits per heavy atom. The van der Waals surface area contributed by atoms with Crippen LogP contribution in [-0.2, 0) is 6.42 Å². The van der Waals surface area contributed by atoms with E-state index in [1.165, 1.54) is 0 Å². The fraction of sp³-hybridized carbons (Fsp3) is 0.333. The van der Waals surface area contributed by atoms with E-state index in [2.05, 4.69) is 30.4 Å². The highest BCUT2D eigenvalue weighted by Gasteiger charge is 2.15. The Kier molecular flexibility index (Phi) is 2.87. The van der Waals surface area contributed by atoms with Crippen molar-refractivity contribution in [3.05, 3.63) is 46.6 Å². The second kappa shape index (κ2) is 4.80. The highest BCUT2D eigenvalue weighted by molar-refractivity contribution is 5.35. The Balaban J connectivity index is 1.86. The Bertz CT molecular complexity index is 959. The molecule has 0 fully saturated rings. The zero-order chi connectivity index (χ0) is 16.1. The molecule has 116 valence electrons. The largest absolute Gasteiger partial charge is 0.267 e. The Morgan fingerprint density at radius 1 is 0.696 bits per heavy atom. The quantitative estimate of drug-likeness (QED) is 0.556. The zero-order valence-corrected chi connectivity index (χ0v) is 13.4. The Hall–Kier alpha value is -2.90. The molecule has 0 amide bonds. The van der Waals surface area contributed by atoms with Gasteiger partial charge in [-0.05, 0) is 39.8 Å². The first-order valence-electron chi connectivity index (χ1n) is 7.39. The number of aromatic nitrogens is 8. The molecule has 0 spiro atoms. The molecule has 0 aliphatic carbocycles. The van der Waals surface area contributed by atoms with Crippen LogP contribution >= 0.6 is 0 Å². The molecular formula is C15H16N8. The lowest BCUT2D eigenvalue weighted by Crippen LogP contribution is -2.06. The number of hydrogen-bond acceptors (Lipinski definition) is 6. The number of fused-ring (bicyclic) bond motifs is 2. The van der Waals surface area contributed by atoms with Gasteiger partial charge < -0.3 is 0 Å². The van der Waals surface area contributed by atoms with Crippen LogP contribution in [0, 0.1) is 27.7 Å². The zero-order valence-electron chi connectivity index (χ0n) is 13.4. The predicted octanol–water partition coefficient (Wildman–Crippen LogP) is 1.39. The van der Waals surface area contributed by atoms with Gasteiger partial charge in [0.2, 0.25) is 0 Å². The summed E-state index contributed by atoms with van der Waals surface area (Å²) in [6, 6.07) is 4.02. The van der Waals surface area contributed by atoms with Crippen LogP contribution < -0.4 is 0 Å². The fourth-order valence-corrected chi connectivity index (χ4v) is 2.97. The van der Waals surface area contributed by atoms with Crippen LogP contribution in [0.2, 0.25) is 0 Å². The minimum atomic E-state index is 0.513. The third kappa shape index (κ3) is 2.14. The van der Waals surface area contributed by atoms with Crippen molar-refractivity contribution >= 4 is 11.6 Å². The molecule has 4 rings (SSSR count). The van der Waals surface area contributed by atoms with Crippen LogP contribution in [0.5, 0.6) is 0 Å². The van der Waals surface area contributed by atoms with Gasteiger partial charge in [0.05, 0.1) is 6.42 Å². The van der Waals surface area contributed by atoms with Gasteiger partial charge in [-0.3, -0.25) is 8.80 Å². The number of nitrogens with zero attached hydrogens (tertiary/aromatic N) is 8. The van der Waals surface area contributed by atoms with Crippen LogP contribution in [-0.4, -0.2) is 39.2 Å². The van der Waals surface area contributed by atoms with E-state index in [4.69, 9.17) is 0 Å². The average Bonchev–Trinajstić information content (AvgIpc) is 3.04. The molecular weight excluding hydrogens is 292 g/mol. The van der Waals surface area contributed by atoms with Crippen molar-refractivity contribution in [2.24, 2.45) is 0 Å². The summed E-state index contributed by atoms with van der Waals surface area (Å²) in [7, 11) is 0. The molecule has 0 aliphatic rings. The topological polar surface area (TPSA) is 86.2 Å². The monoisotopic (exact) mass is 308 g/mol. The summed E-state index contributed by atoms with van der Waals surface area (Å²) in [4.78, 5) is 8.82. The molecule has 0 saturated carbocycles. The van der Waals surface area contributed by atoms with E-state index in [1.54, 1.807) is 0 Å². The molecule has 0 radical (unpaired) electrons. The van der Waals surface area contributed by atoms with Crippen molar-refractivity contribution < 1.29 is 0 Å². The predicted molar refractivity (Wildman–Crippen MR) is 83.3 cm³/mol. The second-order valence-corrected chi connectivity index (χ2v) is 5.76. The molecule has 0 aromatic carbocycles. The summed E-state index contributed by atoms with van der Waals surface area (Å²) >= 11 is 0. The van der Waals surface area contributed by atoms with E-state index in [0.29, 0.717) is 18.0 Å². The van der Waals surface area contributed by atoms with Gasteiger partial charge in [-0.1, -0.05) is 0 Å². The maximum Gasteiger partial charge on any atom is 0.255 e. The standard InChI is InChI=1S/C15H16N8/c1-8-5-10(3)22-12(18-20-14(22)16-8)7-13-19-21-15-17-9(2)6-11(4)23(13)15/h5-6H,7H2,1-4H3. The first kappa shape index (κ1) is 13.7. The lowest BCUT2D eigenvalue weighted by atomic mass is 10.3. The fourth-order valence-electron chi connectivity index (χ4n) is 2.97. The molecule has 0 saturated heterocycles. The maximum atomic E-state index is 4.41. The van der Waals surface area contributed by atoms with Crippen molar-refractivity contribution in [2.45, 2.75) is 34.1 Å². The molecule has 23 heavy (non-hydrogen) atoms.